The number of likely N-dealkylation sites (tertiary alicyclic amines) is 1. The van der Waals surface area contributed by atoms with E-state index in [1.54, 1.807) is 0 Å². The van der Waals surface area contributed by atoms with E-state index >= 15 is 0 Å². The first kappa shape index (κ1) is 16.1. The molecule has 7 heteroatoms. The van der Waals surface area contributed by atoms with Gasteiger partial charge in [0.25, 0.3) is 0 Å². The summed E-state index contributed by atoms with van der Waals surface area (Å²) in [7, 11) is 0. The van der Waals surface area contributed by atoms with Gasteiger partial charge < -0.3 is 9.80 Å². The molecule has 2 saturated heterocycles. The summed E-state index contributed by atoms with van der Waals surface area (Å²) >= 11 is 0. The van der Waals surface area contributed by atoms with Gasteiger partial charge in [0.2, 0.25) is 11.7 Å². The zero-order valence-electron chi connectivity index (χ0n) is 14.6. The van der Waals surface area contributed by atoms with E-state index in [0.29, 0.717) is 18.2 Å². The molecule has 0 saturated carbocycles. The molecule has 2 aromatic rings. The lowest BCUT2D eigenvalue weighted by Gasteiger charge is -2.48. The molecule has 1 N–H and O–H groups in total. The lowest BCUT2D eigenvalue weighted by atomic mass is 9.79. The number of anilines is 1. The molecular weight excluding hydrogens is 316 g/mol. The zero-order chi connectivity index (χ0) is 17.3. The van der Waals surface area contributed by atoms with Gasteiger partial charge in [-0.25, -0.2) is 0 Å². The van der Waals surface area contributed by atoms with Gasteiger partial charge in [0, 0.05) is 49.3 Å². The minimum absolute atomic E-state index is 0.256. The van der Waals surface area contributed by atoms with Gasteiger partial charge in [-0.15, -0.1) is 10.2 Å². The smallest absolute Gasteiger partial charge is 0.222 e. The van der Waals surface area contributed by atoms with E-state index in [2.05, 4.69) is 38.5 Å². The lowest BCUT2D eigenvalue weighted by molar-refractivity contribution is -0.142. The van der Waals surface area contributed by atoms with Crippen LogP contribution in [0.15, 0.2) is 24.3 Å². The fraction of sp³-hybridized carbons (Fsp3) is 0.556. The van der Waals surface area contributed by atoms with Gasteiger partial charge in [0.15, 0.2) is 0 Å². The molecule has 2 fully saturated rings. The molecule has 25 heavy (non-hydrogen) atoms. The van der Waals surface area contributed by atoms with Crippen LogP contribution >= 0.6 is 0 Å². The van der Waals surface area contributed by atoms with Crippen molar-refractivity contribution in [2.24, 2.45) is 5.41 Å². The monoisotopic (exact) mass is 340 g/mol. The number of hydrogen-bond donors (Lipinski definition) is 1. The second kappa shape index (κ2) is 6.46. The number of H-pyrrole nitrogens is 1. The molecule has 132 valence electrons. The van der Waals surface area contributed by atoms with Crippen LogP contribution in [0.3, 0.4) is 0 Å². The molecule has 2 aliphatic heterocycles. The summed E-state index contributed by atoms with van der Waals surface area (Å²) in [6.45, 7) is 5.92. The molecule has 2 aliphatic rings. The fourth-order valence-corrected chi connectivity index (χ4v) is 4.04. The summed E-state index contributed by atoms with van der Waals surface area (Å²) in [5.74, 6) is 0.944. The highest BCUT2D eigenvalue weighted by Crippen LogP contribution is 2.43. The van der Waals surface area contributed by atoms with Gasteiger partial charge in [-0.3, -0.25) is 4.79 Å². The van der Waals surface area contributed by atoms with Crippen molar-refractivity contribution < 1.29 is 4.79 Å². The Morgan fingerprint density at radius 3 is 2.88 bits per heavy atom. The Kier molecular flexibility index (Phi) is 4.15. The Bertz CT molecular complexity index is 738. The highest BCUT2D eigenvalue weighted by molar-refractivity contribution is 5.78. The SMILES string of the molecule is CCCCC(=O)N1CC2(CCN(c3ccccc3-c3nn[nH]n3)C2)C1. The van der Waals surface area contributed by atoms with Crippen LogP contribution in [0.4, 0.5) is 5.69 Å². The second-order valence-corrected chi connectivity index (χ2v) is 7.28. The molecule has 4 rings (SSSR count). The number of hydrogen-bond acceptors (Lipinski definition) is 5. The minimum atomic E-state index is 0.256. The summed E-state index contributed by atoms with van der Waals surface area (Å²) in [6, 6.07) is 8.20. The number of aromatic nitrogens is 4. The quantitative estimate of drug-likeness (QED) is 0.902. The van der Waals surface area contributed by atoms with Gasteiger partial charge in [-0.1, -0.05) is 25.5 Å². The van der Waals surface area contributed by atoms with Crippen molar-refractivity contribution >= 4 is 11.6 Å². The first-order valence-electron chi connectivity index (χ1n) is 9.06. The highest BCUT2D eigenvalue weighted by Gasteiger charge is 2.49. The first-order valence-corrected chi connectivity index (χ1v) is 9.06. The predicted octanol–water partition coefficient (Wildman–Crippen LogP) is 2.10. The molecule has 1 aromatic carbocycles. The summed E-state index contributed by atoms with van der Waals surface area (Å²) in [4.78, 5) is 16.6. The van der Waals surface area contributed by atoms with E-state index in [9.17, 15) is 4.79 Å². The van der Waals surface area contributed by atoms with E-state index in [1.807, 2.05) is 23.1 Å². The van der Waals surface area contributed by atoms with Crippen molar-refractivity contribution in [1.82, 2.24) is 25.5 Å². The van der Waals surface area contributed by atoms with Gasteiger partial charge in [-0.2, -0.15) is 5.21 Å². The zero-order valence-corrected chi connectivity index (χ0v) is 14.6. The van der Waals surface area contributed by atoms with Gasteiger partial charge in [0.05, 0.1) is 0 Å². The first-order chi connectivity index (χ1) is 12.2. The number of benzene rings is 1. The molecule has 0 atom stereocenters. The summed E-state index contributed by atoms with van der Waals surface area (Å²) < 4.78 is 0. The molecule has 0 bridgehead atoms. The van der Waals surface area contributed by atoms with E-state index in [0.717, 1.165) is 56.7 Å². The Labute approximate surface area is 147 Å². The Balaban J connectivity index is 1.44. The number of nitrogens with one attached hydrogen (secondary N) is 1. The largest absolute Gasteiger partial charge is 0.370 e. The van der Waals surface area contributed by atoms with Gasteiger partial charge >= 0.3 is 0 Å². The number of aromatic amines is 1. The molecule has 0 unspecified atom stereocenters. The van der Waals surface area contributed by atoms with Crippen LogP contribution in [0.1, 0.15) is 32.6 Å². The lowest BCUT2D eigenvalue weighted by Crippen LogP contribution is -2.59. The maximum absolute atomic E-state index is 12.2. The van der Waals surface area contributed by atoms with Crippen LogP contribution in [0.2, 0.25) is 0 Å². The summed E-state index contributed by atoms with van der Waals surface area (Å²) in [5, 5.41) is 14.5. The van der Waals surface area contributed by atoms with E-state index in [4.69, 9.17) is 0 Å². The summed E-state index contributed by atoms with van der Waals surface area (Å²) in [6.07, 6.45) is 3.89. The molecule has 1 spiro atoms. The number of carbonyl (C=O) groups is 1. The molecule has 7 nitrogen and oxygen atoms in total. The minimum Gasteiger partial charge on any atom is -0.370 e. The van der Waals surface area contributed by atoms with Crippen LogP contribution < -0.4 is 4.90 Å². The van der Waals surface area contributed by atoms with Crippen molar-refractivity contribution in [2.45, 2.75) is 32.6 Å². The number of carbonyl (C=O) groups excluding carboxylic acids is 1. The third-order valence-corrected chi connectivity index (χ3v) is 5.42. The average molecular weight is 340 g/mol. The molecule has 0 radical (unpaired) electrons. The normalized spacial score (nSPS) is 18.6. The molecule has 1 aromatic heterocycles. The Morgan fingerprint density at radius 2 is 2.12 bits per heavy atom. The van der Waals surface area contributed by atoms with Crippen LogP contribution in [0, 0.1) is 5.41 Å². The molecular formula is C18H24N6O. The van der Waals surface area contributed by atoms with Gasteiger partial charge in [-0.05, 0) is 30.2 Å². The van der Waals surface area contributed by atoms with E-state index in [1.165, 1.54) is 0 Å². The maximum Gasteiger partial charge on any atom is 0.222 e. The molecule has 0 aliphatic carbocycles. The van der Waals surface area contributed by atoms with Crippen LogP contribution in [-0.2, 0) is 4.79 Å². The fourth-order valence-electron chi connectivity index (χ4n) is 4.04. The van der Waals surface area contributed by atoms with Crippen molar-refractivity contribution in [3.05, 3.63) is 24.3 Å². The average Bonchev–Trinajstić information content (AvgIpc) is 3.28. The predicted molar refractivity (Wildman–Crippen MR) is 95.0 cm³/mol. The number of nitrogens with zero attached hydrogens (tertiary/aromatic N) is 5. The molecule has 1 amide bonds. The summed E-state index contributed by atoms with van der Waals surface area (Å²) in [5.41, 5.74) is 2.41. The molecule has 3 heterocycles. The number of amides is 1. The van der Waals surface area contributed by atoms with Crippen LogP contribution in [0.5, 0.6) is 0 Å². The van der Waals surface area contributed by atoms with Crippen LogP contribution in [0.25, 0.3) is 11.4 Å². The number of rotatable bonds is 5. The second-order valence-electron chi connectivity index (χ2n) is 7.28. The Hall–Kier alpha value is -2.44. The van der Waals surface area contributed by atoms with Crippen molar-refractivity contribution in [3.8, 4) is 11.4 Å². The van der Waals surface area contributed by atoms with Gasteiger partial charge in [0.1, 0.15) is 0 Å². The third kappa shape index (κ3) is 2.99. The van der Waals surface area contributed by atoms with E-state index in [-0.39, 0.29) is 5.41 Å². The number of para-hydroxylation sites is 1. The third-order valence-electron chi connectivity index (χ3n) is 5.42. The van der Waals surface area contributed by atoms with Crippen molar-refractivity contribution in [1.29, 1.82) is 0 Å². The maximum atomic E-state index is 12.2. The number of unbranched alkanes of at least 4 members (excludes halogenated alkanes) is 1. The topological polar surface area (TPSA) is 78.0 Å². The van der Waals surface area contributed by atoms with E-state index < -0.39 is 0 Å². The number of tetrazole rings is 1. The standard InChI is InChI=1S/C18H24N6O/c1-2-3-8-16(25)24-12-18(13-24)9-10-23(11-18)15-7-5-4-6-14(15)17-19-21-22-20-17/h4-7H,2-3,8-13H2,1H3,(H,19,20,21,22). The van der Waals surface area contributed by atoms with Crippen molar-refractivity contribution in [2.75, 3.05) is 31.1 Å². The van der Waals surface area contributed by atoms with Crippen LogP contribution in [-0.4, -0.2) is 57.6 Å². The Morgan fingerprint density at radius 1 is 1.28 bits per heavy atom. The highest BCUT2D eigenvalue weighted by atomic mass is 16.2. The van der Waals surface area contributed by atoms with Crippen molar-refractivity contribution in [3.63, 3.8) is 0 Å².